The minimum Gasteiger partial charge on any atom is -0.450 e. The van der Waals surface area contributed by atoms with Gasteiger partial charge in [0.05, 0.1) is 11.9 Å². The molecular weight excluding hydrogens is 274 g/mol. The first-order chi connectivity index (χ1) is 7.19. The molecule has 0 heterocycles. The Hall–Kier alpha value is -0.580. The fourth-order valence-corrected chi connectivity index (χ4v) is 1.80. The molecule has 5 heteroatoms. The lowest BCUT2D eigenvalue weighted by molar-refractivity contribution is -0.127. The van der Waals surface area contributed by atoms with Crippen molar-refractivity contribution in [2.24, 2.45) is 5.41 Å². The average Bonchev–Trinajstić information content (AvgIpc) is 2.15. The Morgan fingerprint density at radius 3 is 2.12 bits per heavy atom. The standard InChI is InChI=1S/C11H20BrNO3/c1-6-16-9(15)13-11(4,5)10(2,3)8(14)7-12/h6-7H2,1-5H3,(H,13,15). The number of hydrogen-bond acceptors (Lipinski definition) is 3. The maximum Gasteiger partial charge on any atom is 0.407 e. The molecule has 0 saturated carbocycles. The first kappa shape index (κ1) is 15.4. The van der Waals surface area contributed by atoms with Crippen molar-refractivity contribution in [3.63, 3.8) is 0 Å². The number of carbonyl (C=O) groups is 2. The molecule has 0 aromatic carbocycles. The van der Waals surface area contributed by atoms with Crippen LogP contribution >= 0.6 is 15.9 Å². The van der Waals surface area contributed by atoms with E-state index in [1.54, 1.807) is 6.92 Å². The van der Waals surface area contributed by atoms with Gasteiger partial charge in [-0.15, -0.1) is 0 Å². The number of hydrogen-bond donors (Lipinski definition) is 1. The summed E-state index contributed by atoms with van der Waals surface area (Å²) in [4.78, 5) is 23.1. The molecule has 0 aliphatic carbocycles. The van der Waals surface area contributed by atoms with Crippen molar-refractivity contribution in [2.45, 2.75) is 40.2 Å². The molecule has 0 saturated heterocycles. The number of alkyl carbamates (subject to hydrolysis) is 1. The van der Waals surface area contributed by atoms with Crippen LogP contribution in [0.25, 0.3) is 0 Å². The second-order valence-electron chi connectivity index (χ2n) is 4.65. The number of halogens is 1. The highest BCUT2D eigenvalue weighted by molar-refractivity contribution is 9.09. The lowest BCUT2D eigenvalue weighted by Crippen LogP contribution is -2.57. The van der Waals surface area contributed by atoms with E-state index >= 15 is 0 Å². The Bertz CT molecular complexity index is 274. The van der Waals surface area contributed by atoms with Gasteiger partial charge in [-0.1, -0.05) is 29.8 Å². The fourth-order valence-electron chi connectivity index (χ4n) is 1.09. The second kappa shape index (κ2) is 5.66. The van der Waals surface area contributed by atoms with Gasteiger partial charge in [-0.25, -0.2) is 4.79 Å². The van der Waals surface area contributed by atoms with Gasteiger partial charge in [0.1, 0.15) is 0 Å². The predicted octanol–water partition coefficient (Wildman–Crippen LogP) is 2.50. The monoisotopic (exact) mass is 293 g/mol. The first-order valence-electron chi connectivity index (χ1n) is 5.23. The van der Waals surface area contributed by atoms with Gasteiger partial charge in [-0.05, 0) is 20.8 Å². The van der Waals surface area contributed by atoms with Crippen molar-refractivity contribution in [3.05, 3.63) is 0 Å². The topological polar surface area (TPSA) is 55.4 Å². The molecule has 1 amide bonds. The summed E-state index contributed by atoms with van der Waals surface area (Å²) >= 11 is 3.15. The minimum atomic E-state index is -0.663. The van der Waals surface area contributed by atoms with Gasteiger partial charge in [0.15, 0.2) is 5.78 Å². The van der Waals surface area contributed by atoms with Crippen LogP contribution in [0.15, 0.2) is 0 Å². The molecule has 4 nitrogen and oxygen atoms in total. The highest BCUT2D eigenvalue weighted by Gasteiger charge is 2.43. The highest BCUT2D eigenvalue weighted by atomic mass is 79.9. The van der Waals surface area contributed by atoms with Crippen molar-refractivity contribution >= 4 is 27.8 Å². The van der Waals surface area contributed by atoms with Gasteiger partial charge in [0, 0.05) is 11.0 Å². The number of amides is 1. The number of carbonyl (C=O) groups excluding carboxylic acids is 2. The number of rotatable bonds is 5. The maximum atomic E-state index is 11.8. The van der Waals surface area contributed by atoms with E-state index in [2.05, 4.69) is 21.2 Å². The van der Waals surface area contributed by atoms with Crippen LogP contribution in [0, 0.1) is 5.41 Å². The molecular formula is C11H20BrNO3. The minimum absolute atomic E-state index is 0.0364. The highest BCUT2D eigenvalue weighted by Crippen LogP contribution is 2.32. The molecule has 0 fully saturated rings. The molecule has 0 unspecified atom stereocenters. The Balaban J connectivity index is 4.76. The predicted molar refractivity (Wildman–Crippen MR) is 66.8 cm³/mol. The summed E-state index contributed by atoms with van der Waals surface area (Å²) < 4.78 is 4.81. The molecule has 0 aliphatic heterocycles. The molecule has 0 bridgehead atoms. The Kier molecular flexibility index (Phi) is 5.46. The summed E-state index contributed by atoms with van der Waals surface area (Å²) in [7, 11) is 0. The van der Waals surface area contributed by atoms with Crippen LogP contribution in [0.4, 0.5) is 4.79 Å². The van der Waals surface area contributed by atoms with E-state index in [0.29, 0.717) is 6.61 Å². The molecule has 16 heavy (non-hydrogen) atoms. The largest absolute Gasteiger partial charge is 0.450 e. The SMILES string of the molecule is CCOC(=O)NC(C)(C)C(C)(C)C(=O)CBr. The van der Waals surface area contributed by atoms with Gasteiger partial charge in [0.25, 0.3) is 0 Å². The van der Waals surface area contributed by atoms with Crippen LogP contribution in [0.5, 0.6) is 0 Å². The van der Waals surface area contributed by atoms with Crippen molar-refractivity contribution in [1.29, 1.82) is 0 Å². The van der Waals surface area contributed by atoms with E-state index in [1.807, 2.05) is 27.7 Å². The van der Waals surface area contributed by atoms with Crippen molar-refractivity contribution in [1.82, 2.24) is 5.32 Å². The quantitative estimate of drug-likeness (QED) is 0.793. The maximum absolute atomic E-state index is 11.8. The number of ether oxygens (including phenoxy) is 1. The molecule has 0 atom stereocenters. The Morgan fingerprint density at radius 1 is 1.25 bits per heavy atom. The molecule has 0 spiro atoms. The summed E-state index contributed by atoms with van der Waals surface area (Å²) in [5.74, 6) is 0.0364. The molecule has 94 valence electrons. The Labute approximate surface area is 105 Å². The molecule has 0 radical (unpaired) electrons. The lowest BCUT2D eigenvalue weighted by Gasteiger charge is -2.40. The zero-order valence-electron chi connectivity index (χ0n) is 10.5. The fraction of sp³-hybridized carbons (Fsp3) is 0.818. The van der Waals surface area contributed by atoms with Gasteiger partial charge in [-0.3, -0.25) is 4.79 Å². The summed E-state index contributed by atoms with van der Waals surface area (Å²) in [6, 6.07) is 0. The van der Waals surface area contributed by atoms with Gasteiger partial charge < -0.3 is 10.1 Å². The molecule has 0 aliphatic rings. The van der Waals surface area contributed by atoms with Crippen LogP contribution in [0.1, 0.15) is 34.6 Å². The summed E-state index contributed by atoms with van der Waals surface area (Å²) in [6.07, 6.45) is -0.497. The van der Waals surface area contributed by atoms with Gasteiger partial charge in [-0.2, -0.15) is 0 Å². The summed E-state index contributed by atoms with van der Waals surface area (Å²) in [5, 5.41) is 2.98. The van der Waals surface area contributed by atoms with Gasteiger partial charge >= 0.3 is 6.09 Å². The van der Waals surface area contributed by atoms with Crippen LogP contribution in [0.2, 0.25) is 0 Å². The molecule has 0 aromatic rings. The van der Waals surface area contributed by atoms with E-state index in [9.17, 15) is 9.59 Å². The number of Topliss-reactive ketones (excluding diaryl/α,β-unsaturated/α-hetero) is 1. The third-order valence-electron chi connectivity index (χ3n) is 3.07. The van der Waals surface area contributed by atoms with Crippen LogP contribution in [0.3, 0.4) is 0 Å². The second-order valence-corrected chi connectivity index (χ2v) is 5.21. The van der Waals surface area contributed by atoms with E-state index in [-0.39, 0.29) is 11.1 Å². The van der Waals surface area contributed by atoms with Gasteiger partial charge in [0.2, 0.25) is 0 Å². The Morgan fingerprint density at radius 2 is 1.75 bits per heavy atom. The zero-order chi connectivity index (χ0) is 13.0. The number of alkyl halides is 1. The average molecular weight is 294 g/mol. The number of ketones is 1. The van der Waals surface area contributed by atoms with Crippen molar-refractivity contribution in [3.8, 4) is 0 Å². The van der Waals surface area contributed by atoms with Crippen molar-refractivity contribution in [2.75, 3.05) is 11.9 Å². The summed E-state index contributed by atoms with van der Waals surface area (Å²) in [6.45, 7) is 9.29. The van der Waals surface area contributed by atoms with Crippen LogP contribution < -0.4 is 5.32 Å². The molecule has 0 rings (SSSR count). The third kappa shape index (κ3) is 3.47. The van der Waals surface area contributed by atoms with Crippen LogP contribution in [-0.4, -0.2) is 29.4 Å². The lowest BCUT2D eigenvalue weighted by atomic mass is 9.72. The smallest absolute Gasteiger partial charge is 0.407 e. The zero-order valence-corrected chi connectivity index (χ0v) is 12.1. The van der Waals surface area contributed by atoms with E-state index < -0.39 is 17.0 Å². The summed E-state index contributed by atoms with van der Waals surface area (Å²) in [5.41, 5.74) is -1.33. The normalized spacial score (nSPS) is 12.1. The third-order valence-corrected chi connectivity index (χ3v) is 3.58. The van der Waals surface area contributed by atoms with Crippen LogP contribution in [-0.2, 0) is 9.53 Å². The first-order valence-corrected chi connectivity index (χ1v) is 6.35. The van der Waals surface area contributed by atoms with E-state index in [4.69, 9.17) is 4.74 Å². The van der Waals surface area contributed by atoms with E-state index in [1.165, 1.54) is 0 Å². The van der Waals surface area contributed by atoms with Crippen molar-refractivity contribution < 1.29 is 14.3 Å². The number of nitrogens with one attached hydrogen (secondary N) is 1. The molecule has 0 aromatic heterocycles. The molecule has 1 N–H and O–H groups in total. The van der Waals surface area contributed by atoms with E-state index in [0.717, 1.165) is 0 Å².